The molecule has 20 heavy (non-hydrogen) atoms. The van der Waals surface area contributed by atoms with E-state index in [0.29, 0.717) is 6.61 Å². The Morgan fingerprint density at radius 3 is 2.35 bits per heavy atom. The molecule has 0 radical (unpaired) electrons. The Morgan fingerprint density at radius 2 is 1.65 bits per heavy atom. The maximum absolute atomic E-state index is 6.02. The van der Waals surface area contributed by atoms with Crippen LogP contribution in [0.5, 0.6) is 5.75 Å². The zero-order valence-electron chi connectivity index (χ0n) is 12.7. The van der Waals surface area contributed by atoms with Crippen molar-refractivity contribution in [3.8, 4) is 5.75 Å². The van der Waals surface area contributed by atoms with Gasteiger partial charge < -0.3 is 10.5 Å². The smallest absolute Gasteiger partial charge is 0.124 e. The fourth-order valence-corrected chi connectivity index (χ4v) is 2.25. The highest BCUT2D eigenvalue weighted by atomic mass is 16.5. The summed E-state index contributed by atoms with van der Waals surface area (Å²) < 4.78 is 6.02. The highest BCUT2D eigenvalue weighted by Crippen LogP contribution is 2.26. The van der Waals surface area contributed by atoms with E-state index in [1.165, 1.54) is 22.3 Å². The molecule has 0 aromatic heterocycles. The maximum atomic E-state index is 6.02. The molecule has 0 amide bonds. The van der Waals surface area contributed by atoms with Crippen LogP contribution in [0.15, 0.2) is 36.4 Å². The molecule has 0 saturated carbocycles. The fourth-order valence-electron chi connectivity index (χ4n) is 2.25. The van der Waals surface area contributed by atoms with Crippen molar-refractivity contribution in [2.24, 2.45) is 5.73 Å². The van der Waals surface area contributed by atoms with Crippen LogP contribution < -0.4 is 10.5 Å². The molecular formula is C18H23NO. The molecule has 1 atom stereocenters. The molecule has 0 spiro atoms. The predicted molar refractivity (Wildman–Crippen MR) is 84.0 cm³/mol. The van der Waals surface area contributed by atoms with Crippen LogP contribution in [-0.4, -0.2) is 0 Å². The standard InChI is InChI=1S/C18H23NO/c1-12-5-7-14(3)16(9-12)11-20-18-10-13(2)6-8-17(18)15(4)19/h5-10,15H,11,19H2,1-4H3. The Balaban J connectivity index is 2.22. The molecule has 0 heterocycles. The first-order valence-corrected chi connectivity index (χ1v) is 7.02. The van der Waals surface area contributed by atoms with E-state index in [0.717, 1.165) is 11.3 Å². The minimum Gasteiger partial charge on any atom is -0.489 e. The Kier molecular flexibility index (Phi) is 4.46. The number of rotatable bonds is 4. The molecular weight excluding hydrogens is 246 g/mol. The molecule has 106 valence electrons. The van der Waals surface area contributed by atoms with Crippen LogP contribution in [0.2, 0.25) is 0 Å². The molecule has 0 aliphatic heterocycles. The lowest BCUT2D eigenvalue weighted by molar-refractivity contribution is 0.300. The summed E-state index contributed by atoms with van der Waals surface area (Å²) >= 11 is 0. The lowest BCUT2D eigenvalue weighted by Crippen LogP contribution is -2.08. The second-order valence-electron chi connectivity index (χ2n) is 5.55. The van der Waals surface area contributed by atoms with Gasteiger partial charge in [0.15, 0.2) is 0 Å². The quantitative estimate of drug-likeness (QED) is 0.902. The highest BCUT2D eigenvalue weighted by Gasteiger charge is 2.09. The Bertz CT molecular complexity index is 602. The van der Waals surface area contributed by atoms with Crippen LogP contribution in [0, 0.1) is 20.8 Å². The van der Waals surface area contributed by atoms with Crippen LogP contribution >= 0.6 is 0 Å². The lowest BCUT2D eigenvalue weighted by atomic mass is 10.0. The average Bonchev–Trinajstić information content (AvgIpc) is 2.39. The van der Waals surface area contributed by atoms with Gasteiger partial charge in [-0.2, -0.15) is 0 Å². The third-order valence-electron chi connectivity index (χ3n) is 3.55. The first-order chi connectivity index (χ1) is 9.47. The first-order valence-electron chi connectivity index (χ1n) is 7.02. The lowest BCUT2D eigenvalue weighted by Gasteiger charge is -2.16. The van der Waals surface area contributed by atoms with Crippen LogP contribution in [0.4, 0.5) is 0 Å². The van der Waals surface area contributed by atoms with E-state index in [1.807, 2.05) is 6.92 Å². The topological polar surface area (TPSA) is 35.2 Å². The number of nitrogens with two attached hydrogens (primary N) is 1. The van der Waals surface area contributed by atoms with E-state index in [9.17, 15) is 0 Å². The summed E-state index contributed by atoms with van der Waals surface area (Å²) in [6.07, 6.45) is 0. The van der Waals surface area contributed by atoms with Crippen molar-refractivity contribution < 1.29 is 4.74 Å². The molecule has 0 saturated heterocycles. The molecule has 2 aromatic carbocycles. The van der Waals surface area contributed by atoms with Gasteiger partial charge in [0, 0.05) is 11.6 Å². The van der Waals surface area contributed by atoms with Gasteiger partial charge in [-0.05, 0) is 50.5 Å². The van der Waals surface area contributed by atoms with Crippen molar-refractivity contribution >= 4 is 0 Å². The number of hydrogen-bond acceptors (Lipinski definition) is 2. The van der Waals surface area contributed by atoms with E-state index in [-0.39, 0.29) is 6.04 Å². The summed E-state index contributed by atoms with van der Waals surface area (Å²) in [4.78, 5) is 0. The van der Waals surface area contributed by atoms with Crippen molar-refractivity contribution in [1.29, 1.82) is 0 Å². The largest absolute Gasteiger partial charge is 0.489 e. The maximum Gasteiger partial charge on any atom is 0.124 e. The molecule has 1 unspecified atom stereocenters. The molecule has 0 aliphatic carbocycles. The van der Waals surface area contributed by atoms with Gasteiger partial charge in [-0.1, -0.05) is 35.9 Å². The minimum atomic E-state index is -0.0239. The molecule has 0 aliphatic rings. The van der Waals surface area contributed by atoms with Gasteiger partial charge in [-0.15, -0.1) is 0 Å². The van der Waals surface area contributed by atoms with Gasteiger partial charge in [-0.3, -0.25) is 0 Å². The zero-order valence-corrected chi connectivity index (χ0v) is 12.7. The summed E-state index contributed by atoms with van der Waals surface area (Å²) in [5, 5.41) is 0. The van der Waals surface area contributed by atoms with E-state index in [2.05, 4.69) is 57.2 Å². The number of aryl methyl sites for hydroxylation is 3. The SMILES string of the molecule is Cc1ccc(C)c(COc2cc(C)ccc2C(C)N)c1. The van der Waals surface area contributed by atoms with Crippen molar-refractivity contribution in [2.75, 3.05) is 0 Å². The van der Waals surface area contributed by atoms with Gasteiger partial charge in [0.2, 0.25) is 0 Å². The third-order valence-corrected chi connectivity index (χ3v) is 3.55. The second kappa shape index (κ2) is 6.10. The van der Waals surface area contributed by atoms with Crippen molar-refractivity contribution in [1.82, 2.24) is 0 Å². The third kappa shape index (κ3) is 3.40. The summed E-state index contributed by atoms with van der Waals surface area (Å²) in [6, 6.07) is 12.6. The molecule has 2 N–H and O–H groups in total. The van der Waals surface area contributed by atoms with Gasteiger partial charge in [0.25, 0.3) is 0 Å². The van der Waals surface area contributed by atoms with Crippen molar-refractivity contribution in [3.63, 3.8) is 0 Å². The summed E-state index contributed by atoms with van der Waals surface area (Å²) in [5.41, 5.74) is 12.0. The van der Waals surface area contributed by atoms with E-state index in [1.54, 1.807) is 0 Å². The second-order valence-corrected chi connectivity index (χ2v) is 5.55. The Hall–Kier alpha value is -1.80. The van der Waals surface area contributed by atoms with Crippen LogP contribution in [0.1, 0.15) is 40.8 Å². The predicted octanol–water partition coefficient (Wildman–Crippen LogP) is 4.21. The molecule has 2 nitrogen and oxygen atoms in total. The Morgan fingerprint density at radius 1 is 1.00 bits per heavy atom. The normalized spacial score (nSPS) is 12.2. The van der Waals surface area contributed by atoms with E-state index in [4.69, 9.17) is 10.5 Å². The van der Waals surface area contributed by atoms with Gasteiger partial charge >= 0.3 is 0 Å². The molecule has 0 bridgehead atoms. The fraction of sp³-hybridized carbons (Fsp3) is 0.333. The average molecular weight is 269 g/mol. The molecule has 2 heteroatoms. The van der Waals surface area contributed by atoms with Crippen molar-refractivity contribution in [3.05, 3.63) is 64.2 Å². The zero-order chi connectivity index (χ0) is 14.7. The highest BCUT2D eigenvalue weighted by molar-refractivity contribution is 5.39. The minimum absolute atomic E-state index is 0.0239. The summed E-state index contributed by atoms with van der Waals surface area (Å²) in [5.74, 6) is 0.890. The first kappa shape index (κ1) is 14.6. The summed E-state index contributed by atoms with van der Waals surface area (Å²) in [7, 11) is 0. The van der Waals surface area contributed by atoms with E-state index >= 15 is 0 Å². The van der Waals surface area contributed by atoms with Crippen LogP contribution in [-0.2, 0) is 6.61 Å². The van der Waals surface area contributed by atoms with Gasteiger partial charge in [0.05, 0.1) is 0 Å². The summed E-state index contributed by atoms with van der Waals surface area (Å²) in [6.45, 7) is 8.84. The number of benzene rings is 2. The molecule has 0 fully saturated rings. The molecule has 2 rings (SSSR count). The van der Waals surface area contributed by atoms with Crippen LogP contribution in [0.25, 0.3) is 0 Å². The monoisotopic (exact) mass is 269 g/mol. The number of hydrogen-bond donors (Lipinski definition) is 1. The van der Waals surface area contributed by atoms with Gasteiger partial charge in [-0.25, -0.2) is 0 Å². The van der Waals surface area contributed by atoms with E-state index < -0.39 is 0 Å². The number of ether oxygens (including phenoxy) is 1. The van der Waals surface area contributed by atoms with Gasteiger partial charge in [0.1, 0.15) is 12.4 Å². The molecule has 2 aromatic rings. The van der Waals surface area contributed by atoms with Crippen molar-refractivity contribution in [2.45, 2.75) is 40.3 Å². The Labute approximate surface area is 121 Å². The van der Waals surface area contributed by atoms with Crippen LogP contribution in [0.3, 0.4) is 0 Å².